The molecule has 2 nitrogen and oxygen atoms in total. The Kier molecular flexibility index (Phi) is 3.54. The molecule has 0 amide bonds. The topological polar surface area (TPSA) is 32.6 Å². The monoisotopic (exact) mass is 293 g/mol. The lowest BCUT2D eigenvalue weighted by Gasteiger charge is -1.98. The SMILES string of the molecule is Oc1cc(F)ccc1N=Cc1ccc(Br)cc1. The van der Waals surface area contributed by atoms with E-state index < -0.39 is 5.82 Å². The van der Waals surface area contributed by atoms with E-state index >= 15 is 0 Å². The van der Waals surface area contributed by atoms with Crippen molar-refractivity contribution >= 4 is 27.8 Å². The van der Waals surface area contributed by atoms with Crippen LogP contribution in [0, 0.1) is 5.82 Å². The van der Waals surface area contributed by atoms with Crippen molar-refractivity contribution in [3.63, 3.8) is 0 Å². The van der Waals surface area contributed by atoms with Gasteiger partial charge in [0.25, 0.3) is 0 Å². The molecular weight excluding hydrogens is 285 g/mol. The van der Waals surface area contributed by atoms with Crippen molar-refractivity contribution in [1.82, 2.24) is 0 Å². The molecule has 2 rings (SSSR count). The van der Waals surface area contributed by atoms with Crippen LogP contribution in [-0.4, -0.2) is 11.3 Å². The average Bonchev–Trinajstić information content (AvgIpc) is 2.30. The molecule has 17 heavy (non-hydrogen) atoms. The predicted octanol–water partition coefficient (Wildman–Crippen LogP) is 4.04. The molecule has 4 heteroatoms. The zero-order valence-corrected chi connectivity index (χ0v) is 10.4. The zero-order valence-electron chi connectivity index (χ0n) is 8.77. The molecule has 0 radical (unpaired) electrons. The molecule has 0 spiro atoms. The number of phenolic OH excluding ortho intramolecular Hbond substituents is 1. The molecule has 0 heterocycles. The van der Waals surface area contributed by atoms with Crippen LogP contribution in [0.4, 0.5) is 10.1 Å². The quantitative estimate of drug-likeness (QED) is 0.833. The van der Waals surface area contributed by atoms with Crippen molar-refractivity contribution in [2.45, 2.75) is 0 Å². The summed E-state index contributed by atoms with van der Waals surface area (Å²) >= 11 is 3.33. The summed E-state index contributed by atoms with van der Waals surface area (Å²) < 4.78 is 13.7. The number of hydrogen-bond acceptors (Lipinski definition) is 2. The Hall–Kier alpha value is -1.68. The number of hydrogen-bond donors (Lipinski definition) is 1. The molecule has 0 aliphatic rings. The highest BCUT2D eigenvalue weighted by Crippen LogP contribution is 2.26. The van der Waals surface area contributed by atoms with Gasteiger partial charge in [-0.1, -0.05) is 28.1 Å². The van der Waals surface area contributed by atoms with Gasteiger partial charge in [0.15, 0.2) is 0 Å². The van der Waals surface area contributed by atoms with Crippen LogP contribution in [0.25, 0.3) is 0 Å². The highest BCUT2D eigenvalue weighted by molar-refractivity contribution is 9.10. The van der Waals surface area contributed by atoms with Crippen molar-refractivity contribution in [2.24, 2.45) is 4.99 Å². The molecule has 2 aromatic rings. The van der Waals surface area contributed by atoms with Crippen LogP contribution in [0.5, 0.6) is 5.75 Å². The first kappa shape index (κ1) is 11.8. The Morgan fingerprint density at radius 2 is 1.82 bits per heavy atom. The normalized spacial score (nSPS) is 10.9. The van der Waals surface area contributed by atoms with Crippen molar-refractivity contribution < 1.29 is 9.50 Å². The number of benzene rings is 2. The number of nitrogens with zero attached hydrogens (tertiary/aromatic N) is 1. The molecule has 0 aliphatic heterocycles. The maximum absolute atomic E-state index is 12.7. The minimum Gasteiger partial charge on any atom is -0.506 e. The predicted molar refractivity (Wildman–Crippen MR) is 69.5 cm³/mol. The second-order valence-corrected chi connectivity index (χ2v) is 4.36. The Labute approximate surface area is 107 Å². The third-order valence-corrected chi connectivity index (χ3v) is 2.69. The van der Waals surface area contributed by atoms with E-state index in [1.54, 1.807) is 6.21 Å². The molecule has 0 atom stereocenters. The van der Waals surface area contributed by atoms with Crippen molar-refractivity contribution in [1.29, 1.82) is 0 Å². The van der Waals surface area contributed by atoms with Gasteiger partial charge in [-0.25, -0.2) is 4.39 Å². The summed E-state index contributed by atoms with van der Waals surface area (Å²) in [6, 6.07) is 11.3. The van der Waals surface area contributed by atoms with Crippen LogP contribution in [-0.2, 0) is 0 Å². The van der Waals surface area contributed by atoms with Gasteiger partial charge in [0.05, 0.1) is 0 Å². The van der Waals surface area contributed by atoms with Gasteiger partial charge in [0.2, 0.25) is 0 Å². The minimum atomic E-state index is -0.481. The molecule has 0 bridgehead atoms. The molecule has 0 saturated heterocycles. The number of aliphatic imine (C=N–C) groups is 1. The number of halogens is 2. The van der Waals surface area contributed by atoms with E-state index in [0.29, 0.717) is 5.69 Å². The third kappa shape index (κ3) is 3.14. The van der Waals surface area contributed by atoms with E-state index in [4.69, 9.17) is 0 Å². The van der Waals surface area contributed by atoms with Gasteiger partial charge >= 0.3 is 0 Å². The number of rotatable bonds is 2. The van der Waals surface area contributed by atoms with E-state index in [2.05, 4.69) is 20.9 Å². The maximum atomic E-state index is 12.7. The van der Waals surface area contributed by atoms with Crippen LogP contribution < -0.4 is 0 Å². The highest BCUT2D eigenvalue weighted by Gasteiger charge is 1.99. The van der Waals surface area contributed by atoms with Crippen LogP contribution in [0.2, 0.25) is 0 Å². The van der Waals surface area contributed by atoms with E-state index in [1.807, 2.05) is 24.3 Å². The summed E-state index contributed by atoms with van der Waals surface area (Å²) in [6.07, 6.45) is 1.61. The number of phenols is 1. The molecule has 0 aromatic heterocycles. The molecule has 86 valence electrons. The van der Waals surface area contributed by atoms with Gasteiger partial charge in [-0.05, 0) is 29.8 Å². The molecule has 0 unspecified atom stereocenters. The molecule has 0 aliphatic carbocycles. The second kappa shape index (κ2) is 5.10. The molecule has 2 aromatic carbocycles. The first-order chi connectivity index (χ1) is 8.15. The fourth-order valence-corrected chi connectivity index (χ4v) is 1.56. The standard InChI is InChI=1S/C13H9BrFNO/c14-10-3-1-9(2-4-10)8-16-12-6-5-11(15)7-13(12)17/h1-8,17H. The van der Waals surface area contributed by atoms with E-state index in [9.17, 15) is 9.50 Å². The van der Waals surface area contributed by atoms with Crippen LogP contribution in [0.15, 0.2) is 51.9 Å². The maximum Gasteiger partial charge on any atom is 0.144 e. The van der Waals surface area contributed by atoms with Crippen LogP contribution in [0.1, 0.15) is 5.56 Å². The Morgan fingerprint density at radius 1 is 1.12 bits per heavy atom. The summed E-state index contributed by atoms with van der Waals surface area (Å²) in [7, 11) is 0. The average molecular weight is 294 g/mol. The van der Waals surface area contributed by atoms with Crippen molar-refractivity contribution in [3.05, 3.63) is 58.3 Å². The Balaban J connectivity index is 2.23. The molecule has 1 N–H and O–H groups in total. The van der Waals surface area contributed by atoms with Crippen LogP contribution >= 0.6 is 15.9 Å². The zero-order chi connectivity index (χ0) is 12.3. The number of aromatic hydroxyl groups is 1. The summed E-state index contributed by atoms with van der Waals surface area (Å²) in [5.41, 5.74) is 1.24. The van der Waals surface area contributed by atoms with Crippen molar-refractivity contribution in [3.8, 4) is 5.75 Å². The lowest BCUT2D eigenvalue weighted by Crippen LogP contribution is -1.80. The Morgan fingerprint density at radius 3 is 2.47 bits per heavy atom. The molecule has 0 saturated carbocycles. The van der Waals surface area contributed by atoms with Gasteiger partial charge < -0.3 is 5.11 Å². The fraction of sp³-hybridized carbons (Fsp3) is 0. The van der Waals surface area contributed by atoms with E-state index in [-0.39, 0.29) is 5.75 Å². The smallest absolute Gasteiger partial charge is 0.144 e. The van der Waals surface area contributed by atoms with Crippen molar-refractivity contribution in [2.75, 3.05) is 0 Å². The van der Waals surface area contributed by atoms with Gasteiger partial charge in [-0.15, -0.1) is 0 Å². The van der Waals surface area contributed by atoms with Gasteiger partial charge in [0.1, 0.15) is 17.3 Å². The lowest BCUT2D eigenvalue weighted by atomic mass is 10.2. The van der Waals surface area contributed by atoms with Gasteiger partial charge in [-0.3, -0.25) is 4.99 Å². The molecule has 0 fully saturated rings. The molecular formula is C13H9BrFNO. The summed E-state index contributed by atoms with van der Waals surface area (Å²) in [4.78, 5) is 4.09. The summed E-state index contributed by atoms with van der Waals surface area (Å²) in [5.74, 6) is -0.650. The Bertz CT molecular complexity index is 552. The van der Waals surface area contributed by atoms with Crippen LogP contribution in [0.3, 0.4) is 0 Å². The third-order valence-electron chi connectivity index (χ3n) is 2.16. The fourth-order valence-electron chi connectivity index (χ4n) is 1.30. The first-order valence-electron chi connectivity index (χ1n) is 4.93. The minimum absolute atomic E-state index is 0.168. The van der Waals surface area contributed by atoms with E-state index in [1.165, 1.54) is 12.1 Å². The van der Waals surface area contributed by atoms with Gasteiger partial charge in [-0.2, -0.15) is 0 Å². The van der Waals surface area contributed by atoms with E-state index in [0.717, 1.165) is 16.1 Å². The lowest BCUT2D eigenvalue weighted by molar-refractivity contribution is 0.471. The summed E-state index contributed by atoms with van der Waals surface area (Å²) in [6.45, 7) is 0. The van der Waals surface area contributed by atoms with Gasteiger partial charge in [0, 0.05) is 16.8 Å². The summed E-state index contributed by atoms with van der Waals surface area (Å²) in [5, 5.41) is 9.45. The second-order valence-electron chi connectivity index (χ2n) is 3.44. The first-order valence-corrected chi connectivity index (χ1v) is 5.72. The highest BCUT2D eigenvalue weighted by atomic mass is 79.9. The largest absolute Gasteiger partial charge is 0.506 e.